The van der Waals surface area contributed by atoms with Gasteiger partial charge in [0.15, 0.2) is 5.11 Å². The summed E-state index contributed by atoms with van der Waals surface area (Å²) in [5.74, 6) is 0. The summed E-state index contributed by atoms with van der Waals surface area (Å²) < 4.78 is 2.30. The highest BCUT2D eigenvalue weighted by Crippen LogP contribution is 2.33. The quantitative estimate of drug-likeness (QED) is 0.780. The fraction of sp³-hybridized carbons (Fsp3) is 0.389. The van der Waals surface area contributed by atoms with Crippen molar-refractivity contribution in [2.24, 2.45) is 0 Å². The first-order valence-electron chi connectivity index (χ1n) is 7.84. The van der Waals surface area contributed by atoms with E-state index in [0.717, 1.165) is 23.2 Å². The molecule has 0 aliphatic carbocycles. The van der Waals surface area contributed by atoms with Gasteiger partial charge in [0.25, 0.3) is 0 Å². The van der Waals surface area contributed by atoms with Crippen LogP contribution in [-0.4, -0.2) is 26.7 Å². The molecule has 1 aromatic heterocycles. The van der Waals surface area contributed by atoms with Gasteiger partial charge in [-0.15, -0.1) is 0 Å². The van der Waals surface area contributed by atoms with Crippen molar-refractivity contribution in [1.82, 2.24) is 14.8 Å². The van der Waals surface area contributed by atoms with E-state index in [1.165, 1.54) is 11.3 Å². The Labute approximate surface area is 148 Å². The van der Waals surface area contributed by atoms with Gasteiger partial charge in [0.05, 0.1) is 6.04 Å². The van der Waals surface area contributed by atoms with Crippen LogP contribution in [0.1, 0.15) is 38.1 Å². The lowest BCUT2D eigenvalue weighted by molar-refractivity contribution is 0.278. The molecule has 1 aliphatic heterocycles. The maximum Gasteiger partial charge on any atom is 0.170 e. The van der Waals surface area contributed by atoms with Crippen LogP contribution in [0.4, 0.5) is 0 Å². The molecule has 0 radical (unpaired) electrons. The molecule has 0 fully saturated rings. The van der Waals surface area contributed by atoms with Gasteiger partial charge in [-0.1, -0.05) is 23.7 Å². The standard InChI is InChI=1S/C18H22ClN3S/c1-18(2,3)20-17(23)22-12-11-21-10-4-5-15(21)16(22)13-6-8-14(19)9-7-13/h4-10,16H,11-12H2,1-3H3,(H,20,23). The minimum Gasteiger partial charge on any atom is -0.358 e. The summed E-state index contributed by atoms with van der Waals surface area (Å²) in [6.07, 6.45) is 2.13. The molecule has 1 atom stereocenters. The Morgan fingerprint density at radius 1 is 1.17 bits per heavy atom. The smallest absolute Gasteiger partial charge is 0.170 e. The van der Waals surface area contributed by atoms with Crippen molar-refractivity contribution in [1.29, 1.82) is 0 Å². The Hall–Kier alpha value is -1.52. The third kappa shape index (κ3) is 3.54. The van der Waals surface area contributed by atoms with Crippen molar-refractivity contribution in [3.8, 4) is 0 Å². The molecule has 1 aliphatic rings. The molecule has 0 amide bonds. The maximum absolute atomic E-state index is 6.06. The summed E-state index contributed by atoms with van der Waals surface area (Å²) in [6, 6.07) is 12.4. The number of halogens is 1. The number of fused-ring (bicyclic) bond motifs is 1. The SMILES string of the molecule is CC(C)(C)NC(=S)N1CCn2cccc2C1c1ccc(Cl)cc1. The van der Waals surface area contributed by atoms with Gasteiger partial charge in [0.2, 0.25) is 0 Å². The van der Waals surface area contributed by atoms with Gasteiger partial charge in [0.1, 0.15) is 0 Å². The highest BCUT2D eigenvalue weighted by Gasteiger charge is 2.31. The molecule has 1 N–H and O–H groups in total. The zero-order chi connectivity index (χ0) is 16.6. The van der Waals surface area contributed by atoms with Gasteiger partial charge in [-0.05, 0) is 62.8 Å². The Balaban J connectivity index is 1.98. The van der Waals surface area contributed by atoms with Crippen LogP contribution in [0.15, 0.2) is 42.6 Å². The molecule has 0 saturated carbocycles. The summed E-state index contributed by atoms with van der Waals surface area (Å²) in [4.78, 5) is 2.28. The van der Waals surface area contributed by atoms with Crippen LogP contribution in [0.2, 0.25) is 5.02 Å². The summed E-state index contributed by atoms with van der Waals surface area (Å²) in [5.41, 5.74) is 2.41. The predicted molar refractivity (Wildman–Crippen MR) is 99.9 cm³/mol. The molecule has 0 bridgehead atoms. The highest BCUT2D eigenvalue weighted by atomic mass is 35.5. The highest BCUT2D eigenvalue weighted by molar-refractivity contribution is 7.80. The van der Waals surface area contributed by atoms with Crippen molar-refractivity contribution in [3.63, 3.8) is 0 Å². The van der Waals surface area contributed by atoms with Gasteiger partial charge in [-0.3, -0.25) is 0 Å². The van der Waals surface area contributed by atoms with Crippen LogP contribution in [-0.2, 0) is 6.54 Å². The normalized spacial score (nSPS) is 17.7. The lowest BCUT2D eigenvalue weighted by Crippen LogP contribution is -2.52. The van der Waals surface area contributed by atoms with E-state index in [-0.39, 0.29) is 11.6 Å². The van der Waals surface area contributed by atoms with Crippen LogP contribution in [0.5, 0.6) is 0 Å². The molecule has 1 aromatic carbocycles. The molecule has 1 unspecified atom stereocenters. The van der Waals surface area contributed by atoms with Gasteiger partial charge < -0.3 is 14.8 Å². The molecule has 3 nitrogen and oxygen atoms in total. The number of aromatic nitrogens is 1. The van der Waals surface area contributed by atoms with Gasteiger partial charge >= 0.3 is 0 Å². The number of nitrogens with one attached hydrogen (secondary N) is 1. The van der Waals surface area contributed by atoms with Crippen LogP contribution in [0.25, 0.3) is 0 Å². The van der Waals surface area contributed by atoms with Crippen LogP contribution >= 0.6 is 23.8 Å². The van der Waals surface area contributed by atoms with Crippen LogP contribution in [0, 0.1) is 0 Å². The van der Waals surface area contributed by atoms with E-state index in [9.17, 15) is 0 Å². The van der Waals surface area contributed by atoms with Gasteiger partial charge in [-0.2, -0.15) is 0 Å². The molecular weight excluding hydrogens is 326 g/mol. The van der Waals surface area contributed by atoms with Crippen molar-refractivity contribution >= 4 is 28.9 Å². The number of rotatable bonds is 1. The lowest BCUT2D eigenvalue weighted by Gasteiger charge is -2.40. The minimum atomic E-state index is -0.0545. The molecule has 2 aromatic rings. The summed E-state index contributed by atoms with van der Waals surface area (Å²) in [7, 11) is 0. The summed E-state index contributed by atoms with van der Waals surface area (Å²) >= 11 is 11.8. The van der Waals surface area contributed by atoms with Crippen molar-refractivity contribution < 1.29 is 0 Å². The second kappa shape index (κ2) is 6.17. The number of hydrogen-bond donors (Lipinski definition) is 1. The fourth-order valence-corrected chi connectivity index (χ4v) is 3.62. The van der Waals surface area contributed by atoms with E-state index in [1.54, 1.807) is 0 Å². The molecular formula is C18H22ClN3S. The largest absolute Gasteiger partial charge is 0.358 e. The molecule has 3 rings (SSSR count). The van der Waals surface area contributed by atoms with Crippen molar-refractivity contribution in [3.05, 3.63) is 58.9 Å². The van der Waals surface area contributed by atoms with E-state index in [0.29, 0.717) is 0 Å². The van der Waals surface area contributed by atoms with Crippen molar-refractivity contribution in [2.75, 3.05) is 6.54 Å². The average Bonchev–Trinajstić information content (AvgIpc) is 2.93. The zero-order valence-electron chi connectivity index (χ0n) is 13.7. The van der Waals surface area contributed by atoms with E-state index in [4.69, 9.17) is 23.8 Å². The Kier molecular flexibility index (Phi) is 4.39. The number of hydrogen-bond acceptors (Lipinski definition) is 1. The Bertz CT molecular complexity index is 700. The first-order valence-corrected chi connectivity index (χ1v) is 8.63. The molecule has 5 heteroatoms. The monoisotopic (exact) mass is 347 g/mol. The number of thiocarbonyl (C=S) groups is 1. The fourth-order valence-electron chi connectivity index (χ4n) is 2.99. The second-order valence-corrected chi connectivity index (χ2v) is 7.78. The van der Waals surface area contributed by atoms with Gasteiger partial charge in [0, 0.05) is 35.5 Å². The average molecular weight is 348 g/mol. The van der Waals surface area contributed by atoms with Crippen LogP contribution in [0.3, 0.4) is 0 Å². The molecule has 23 heavy (non-hydrogen) atoms. The Morgan fingerprint density at radius 3 is 2.52 bits per heavy atom. The maximum atomic E-state index is 6.06. The number of benzene rings is 1. The van der Waals surface area contributed by atoms with E-state index < -0.39 is 0 Å². The van der Waals surface area contributed by atoms with Crippen LogP contribution < -0.4 is 5.32 Å². The topological polar surface area (TPSA) is 20.2 Å². The van der Waals surface area contributed by atoms with E-state index in [2.05, 4.69) is 66.0 Å². The third-order valence-electron chi connectivity index (χ3n) is 3.97. The first kappa shape index (κ1) is 16.3. The van der Waals surface area contributed by atoms with E-state index in [1.807, 2.05) is 12.1 Å². The number of nitrogens with zero attached hydrogens (tertiary/aromatic N) is 2. The minimum absolute atomic E-state index is 0.0545. The van der Waals surface area contributed by atoms with E-state index >= 15 is 0 Å². The summed E-state index contributed by atoms with van der Waals surface area (Å²) in [5, 5.41) is 4.99. The zero-order valence-corrected chi connectivity index (χ0v) is 15.3. The molecule has 0 saturated heterocycles. The lowest BCUT2D eigenvalue weighted by atomic mass is 10.00. The predicted octanol–water partition coefficient (Wildman–Crippen LogP) is 4.22. The first-order chi connectivity index (χ1) is 10.8. The third-order valence-corrected chi connectivity index (χ3v) is 4.56. The Morgan fingerprint density at radius 2 is 1.87 bits per heavy atom. The molecule has 122 valence electrons. The van der Waals surface area contributed by atoms with Crippen molar-refractivity contribution in [2.45, 2.75) is 38.9 Å². The van der Waals surface area contributed by atoms with Gasteiger partial charge in [-0.25, -0.2) is 0 Å². The molecule has 2 heterocycles. The molecule has 0 spiro atoms. The summed E-state index contributed by atoms with van der Waals surface area (Å²) in [6.45, 7) is 8.21. The second-order valence-electron chi connectivity index (χ2n) is 6.95.